The SMILES string of the molecule is CCCC1CCCCN1S(=O)(=O)c1ccc(CC#N)cc1. The van der Waals surface area contributed by atoms with Crippen LogP contribution in [0.3, 0.4) is 0 Å². The molecule has 0 N–H and O–H groups in total. The van der Waals surface area contributed by atoms with Crippen LogP contribution in [0.2, 0.25) is 0 Å². The summed E-state index contributed by atoms with van der Waals surface area (Å²) in [7, 11) is -3.41. The van der Waals surface area contributed by atoms with Crippen molar-refractivity contribution in [3.05, 3.63) is 29.8 Å². The summed E-state index contributed by atoms with van der Waals surface area (Å²) in [5.74, 6) is 0. The van der Waals surface area contributed by atoms with Crippen molar-refractivity contribution in [2.45, 2.75) is 56.4 Å². The van der Waals surface area contributed by atoms with E-state index in [-0.39, 0.29) is 6.04 Å². The zero-order valence-corrected chi connectivity index (χ0v) is 13.3. The lowest BCUT2D eigenvalue weighted by Crippen LogP contribution is -2.43. The Balaban J connectivity index is 2.25. The Morgan fingerprint density at radius 2 is 2.00 bits per heavy atom. The van der Waals surface area contributed by atoms with Crippen molar-refractivity contribution in [3.8, 4) is 6.07 Å². The number of benzene rings is 1. The molecular weight excluding hydrogens is 284 g/mol. The lowest BCUT2D eigenvalue weighted by Gasteiger charge is -2.34. The highest BCUT2D eigenvalue weighted by atomic mass is 32.2. The van der Waals surface area contributed by atoms with E-state index < -0.39 is 10.0 Å². The molecule has 21 heavy (non-hydrogen) atoms. The Kier molecular flexibility index (Phi) is 5.38. The second-order valence-electron chi connectivity index (χ2n) is 5.53. The predicted octanol–water partition coefficient (Wildman–Crippen LogP) is 3.10. The number of rotatable bonds is 5. The van der Waals surface area contributed by atoms with Crippen molar-refractivity contribution in [1.82, 2.24) is 4.31 Å². The van der Waals surface area contributed by atoms with Crippen molar-refractivity contribution in [2.75, 3.05) is 6.54 Å². The molecule has 1 aliphatic heterocycles. The normalized spacial score (nSPS) is 20.1. The molecule has 1 unspecified atom stereocenters. The average Bonchev–Trinajstić information content (AvgIpc) is 2.49. The van der Waals surface area contributed by atoms with Gasteiger partial charge in [-0.25, -0.2) is 8.42 Å². The molecule has 1 fully saturated rings. The zero-order valence-electron chi connectivity index (χ0n) is 12.5. The van der Waals surface area contributed by atoms with Gasteiger partial charge in [0.2, 0.25) is 10.0 Å². The largest absolute Gasteiger partial charge is 0.243 e. The van der Waals surface area contributed by atoms with Gasteiger partial charge >= 0.3 is 0 Å². The summed E-state index contributed by atoms with van der Waals surface area (Å²) in [6, 6.07) is 8.91. The first-order valence-electron chi connectivity index (χ1n) is 7.57. The molecule has 0 saturated carbocycles. The van der Waals surface area contributed by atoms with Gasteiger partial charge < -0.3 is 0 Å². The molecule has 0 aliphatic carbocycles. The Labute approximate surface area is 127 Å². The van der Waals surface area contributed by atoms with Crippen LogP contribution in [0, 0.1) is 11.3 Å². The molecule has 114 valence electrons. The molecule has 4 nitrogen and oxygen atoms in total. The average molecular weight is 306 g/mol. The van der Waals surface area contributed by atoms with Gasteiger partial charge in [0, 0.05) is 12.6 Å². The van der Waals surface area contributed by atoms with E-state index in [1.54, 1.807) is 28.6 Å². The molecule has 5 heteroatoms. The Morgan fingerprint density at radius 3 is 2.62 bits per heavy atom. The molecule has 1 aromatic carbocycles. The van der Waals surface area contributed by atoms with Crippen molar-refractivity contribution in [3.63, 3.8) is 0 Å². The maximum Gasteiger partial charge on any atom is 0.243 e. The highest BCUT2D eigenvalue weighted by Crippen LogP contribution is 2.27. The Bertz CT molecular complexity index is 600. The third-order valence-electron chi connectivity index (χ3n) is 4.01. The van der Waals surface area contributed by atoms with Gasteiger partial charge in [-0.15, -0.1) is 0 Å². The van der Waals surface area contributed by atoms with Crippen molar-refractivity contribution in [1.29, 1.82) is 5.26 Å². The van der Waals surface area contributed by atoms with Crippen molar-refractivity contribution in [2.24, 2.45) is 0 Å². The summed E-state index contributed by atoms with van der Waals surface area (Å²) in [6.45, 7) is 2.71. The molecular formula is C16H22N2O2S. The molecule has 1 aliphatic rings. The van der Waals surface area contributed by atoms with E-state index in [1.165, 1.54) is 0 Å². The fourth-order valence-corrected chi connectivity index (χ4v) is 4.64. The van der Waals surface area contributed by atoms with Gasteiger partial charge in [0.25, 0.3) is 0 Å². The number of hydrogen-bond acceptors (Lipinski definition) is 3. The van der Waals surface area contributed by atoms with Gasteiger partial charge in [-0.05, 0) is 37.0 Å². The first-order chi connectivity index (χ1) is 10.1. The van der Waals surface area contributed by atoms with E-state index in [4.69, 9.17) is 5.26 Å². The first kappa shape index (κ1) is 16.0. The van der Waals surface area contributed by atoms with Gasteiger partial charge in [-0.2, -0.15) is 9.57 Å². The molecule has 0 bridgehead atoms. The number of nitrogens with zero attached hydrogens (tertiary/aromatic N) is 2. The van der Waals surface area contributed by atoms with Crippen LogP contribution in [0.15, 0.2) is 29.2 Å². The minimum absolute atomic E-state index is 0.132. The second-order valence-corrected chi connectivity index (χ2v) is 7.42. The van der Waals surface area contributed by atoms with Gasteiger partial charge in [0.05, 0.1) is 17.4 Å². The minimum atomic E-state index is -3.41. The Hall–Kier alpha value is -1.38. The number of sulfonamides is 1. The monoisotopic (exact) mass is 306 g/mol. The van der Waals surface area contributed by atoms with E-state index in [1.807, 2.05) is 0 Å². The molecule has 1 atom stereocenters. The summed E-state index contributed by atoms with van der Waals surface area (Å²) in [4.78, 5) is 0.340. The van der Waals surface area contributed by atoms with Crippen molar-refractivity contribution >= 4 is 10.0 Å². The summed E-state index contributed by atoms with van der Waals surface area (Å²) in [6.07, 6.45) is 5.23. The number of piperidine rings is 1. The number of nitriles is 1. The summed E-state index contributed by atoms with van der Waals surface area (Å²) in [5.41, 5.74) is 0.847. The van der Waals surface area contributed by atoms with Gasteiger partial charge in [0.15, 0.2) is 0 Å². The highest BCUT2D eigenvalue weighted by Gasteiger charge is 2.32. The first-order valence-corrected chi connectivity index (χ1v) is 9.01. The van der Waals surface area contributed by atoms with E-state index in [9.17, 15) is 8.42 Å². The topological polar surface area (TPSA) is 61.2 Å². The maximum absolute atomic E-state index is 12.8. The minimum Gasteiger partial charge on any atom is -0.207 e. The van der Waals surface area contributed by atoms with Crippen LogP contribution in [0.1, 0.15) is 44.6 Å². The smallest absolute Gasteiger partial charge is 0.207 e. The van der Waals surface area contributed by atoms with E-state index in [0.717, 1.165) is 37.7 Å². The molecule has 1 saturated heterocycles. The van der Waals surface area contributed by atoms with Crippen LogP contribution in [0.5, 0.6) is 0 Å². The molecule has 1 aromatic rings. The van der Waals surface area contributed by atoms with Crippen LogP contribution in [0.25, 0.3) is 0 Å². The van der Waals surface area contributed by atoms with Crippen LogP contribution >= 0.6 is 0 Å². The maximum atomic E-state index is 12.8. The molecule has 0 amide bonds. The van der Waals surface area contributed by atoms with Gasteiger partial charge in [-0.1, -0.05) is 31.9 Å². The molecule has 2 rings (SSSR count). The second kappa shape index (κ2) is 7.06. The van der Waals surface area contributed by atoms with E-state index in [2.05, 4.69) is 13.0 Å². The van der Waals surface area contributed by atoms with Crippen LogP contribution in [0.4, 0.5) is 0 Å². The molecule has 0 spiro atoms. The fourth-order valence-electron chi connectivity index (χ4n) is 2.92. The lowest BCUT2D eigenvalue weighted by atomic mass is 10.0. The van der Waals surface area contributed by atoms with Crippen LogP contribution < -0.4 is 0 Å². The van der Waals surface area contributed by atoms with Gasteiger partial charge in [0.1, 0.15) is 0 Å². The number of hydrogen-bond donors (Lipinski definition) is 0. The fraction of sp³-hybridized carbons (Fsp3) is 0.562. The molecule has 0 aromatic heterocycles. The summed E-state index contributed by atoms with van der Waals surface area (Å²) in [5, 5.41) is 8.67. The Morgan fingerprint density at radius 1 is 1.29 bits per heavy atom. The standard InChI is InChI=1S/C16H22N2O2S/c1-2-5-15-6-3-4-13-18(15)21(19,20)16-9-7-14(8-10-16)11-12-17/h7-10,15H,2-6,11,13H2,1H3. The van der Waals surface area contributed by atoms with E-state index >= 15 is 0 Å². The zero-order chi connectivity index (χ0) is 15.3. The van der Waals surface area contributed by atoms with E-state index in [0.29, 0.717) is 17.9 Å². The van der Waals surface area contributed by atoms with Crippen molar-refractivity contribution < 1.29 is 8.42 Å². The lowest BCUT2D eigenvalue weighted by molar-refractivity contribution is 0.239. The van der Waals surface area contributed by atoms with Crippen LogP contribution in [-0.4, -0.2) is 25.3 Å². The quantitative estimate of drug-likeness (QED) is 0.840. The van der Waals surface area contributed by atoms with Crippen LogP contribution in [-0.2, 0) is 16.4 Å². The third kappa shape index (κ3) is 3.63. The highest BCUT2D eigenvalue weighted by molar-refractivity contribution is 7.89. The molecule has 0 radical (unpaired) electrons. The summed E-state index contributed by atoms with van der Waals surface area (Å²) >= 11 is 0. The predicted molar refractivity (Wildman–Crippen MR) is 82.2 cm³/mol. The summed E-state index contributed by atoms with van der Waals surface area (Å²) < 4.78 is 27.3. The van der Waals surface area contributed by atoms with Gasteiger partial charge in [-0.3, -0.25) is 0 Å². The third-order valence-corrected chi connectivity index (χ3v) is 5.97. The molecule has 1 heterocycles.